The lowest BCUT2D eigenvalue weighted by Crippen LogP contribution is -2.37. The molecular formula is C13H13FN2O3. The number of hydrogen-bond donors (Lipinski definition) is 0. The predicted molar refractivity (Wildman–Crippen MR) is 64.3 cm³/mol. The van der Waals surface area contributed by atoms with E-state index >= 15 is 0 Å². The van der Waals surface area contributed by atoms with Gasteiger partial charge in [0, 0.05) is 6.04 Å². The number of rotatable bonds is 3. The Bertz CT molecular complexity index is 557. The summed E-state index contributed by atoms with van der Waals surface area (Å²) >= 11 is 0. The van der Waals surface area contributed by atoms with E-state index in [4.69, 9.17) is 0 Å². The number of imide groups is 2. The maximum atomic E-state index is 13.1. The highest BCUT2D eigenvalue weighted by molar-refractivity contribution is 6.44. The Labute approximate surface area is 109 Å². The summed E-state index contributed by atoms with van der Waals surface area (Å²) in [6.45, 7) is 3.19. The topological polar surface area (TPSA) is 57.7 Å². The van der Waals surface area contributed by atoms with Gasteiger partial charge < -0.3 is 0 Å². The first-order valence-electron chi connectivity index (χ1n) is 5.85. The number of amides is 4. The van der Waals surface area contributed by atoms with E-state index < -0.39 is 23.7 Å². The zero-order valence-corrected chi connectivity index (χ0v) is 10.6. The Morgan fingerprint density at radius 1 is 1.16 bits per heavy atom. The van der Waals surface area contributed by atoms with E-state index in [2.05, 4.69) is 0 Å². The van der Waals surface area contributed by atoms with Gasteiger partial charge in [-0.1, -0.05) is 12.1 Å². The molecular weight excluding hydrogens is 251 g/mol. The normalized spacial score (nSPS) is 15.9. The van der Waals surface area contributed by atoms with Crippen molar-refractivity contribution in [1.82, 2.24) is 9.80 Å². The molecule has 100 valence electrons. The summed E-state index contributed by atoms with van der Waals surface area (Å²) in [6.07, 6.45) is 0. The van der Waals surface area contributed by atoms with Crippen molar-refractivity contribution in [3.05, 3.63) is 35.6 Å². The van der Waals surface area contributed by atoms with Gasteiger partial charge in [0.05, 0.1) is 6.54 Å². The molecule has 1 fully saturated rings. The quantitative estimate of drug-likeness (QED) is 0.614. The SMILES string of the molecule is CC(C)N1C(=O)C(=O)N(Cc2cccc(F)c2)C1=O. The van der Waals surface area contributed by atoms with Gasteiger partial charge in [0.15, 0.2) is 0 Å². The fourth-order valence-corrected chi connectivity index (χ4v) is 1.93. The van der Waals surface area contributed by atoms with E-state index in [1.807, 2.05) is 0 Å². The zero-order chi connectivity index (χ0) is 14.2. The second-order valence-corrected chi connectivity index (χ2v) is 4.57. The minimum absolute atomic E-state index is 0.107. The summed E-state index contributed by atoms with van der Waals surface area (Å²) in [4.78, 5) is 37.1. The Balaban J connectivity index is 2.24. The van der Waals surface area contributed by atoms with Crippen LogP contribution in [0.2, 0.25) is 0 Å². The Kier molecular flexibility index (Phi) is 3.33. The van der Waals surface area contributed by atoms with Gasteiger partial charge in [-0.25, -0.2) is 9.18 Å². The Hall–Kier alpha value is -2.24. The molecule has 5 nitrogen and oxygen atoms in total. The third-order valence-corrected chi connectivity index (χ3v) is 2.83. The molecule has 6 heteroatoms. The first-order valence-corrected chi connectivity index (χ1v) is 5.85. The minimum Gasteiger partial charge on any atom is -0.263 e. The van der Waals surface area contributed by atoms with Crippen molar-refractivity contribution in [3.63, 3.8) is 0 Å². The summed E-state index contributed by atoms with van der Waals surface area (Å²) in [5, 5.41) is 0. The van der Waals surface area contributed by atoms with Crippen molar-refractivity contribution in [3.8, 4) is 0 Å². The molecule has 0 aromatic heterocycles. The Morgan fingerprint density at radius 3 is 2.37 bits per heavy atom. The van der Waals surface area contributed by atoms with Crippen LogP contribution in [0.25, 0.3) is 0 Å². The zero-order valence-electron chi connectivity index (χ0n) is 10.6. The van der Waals surface area contributed by atoms with Gasteiger partial charge >= 0.3 is 17.8 Å². The standard InChI is InChI=1S/C13H13FN2O3/c1-8(2)16-12(18)11(17)15(13(16)19)7-9-4-3-5-10(14)6-9/h3-6,8H,7H2,1-2H3. The first kappa shape index (κ1) is 13.2. The molecule has 4 amide bonds. The molecule has 1 aromatic carbocycles. The van der Waals surface area contributed by atoms with Crippen molar-refractivity contribution >= 4 is 17.8 Å². The molecule has 1 aromatic rings. The molecule has 0 radical (unpaired) electrons. The fraction of sp³-hybridized carbons (Fsp3) is 0.308. The van der Waals surface area contributed by atoms with E-state index in [9.17, 15) is 18.8 Å². The number of carbonyl (C=O) groups excluding carboxylic acids is 3. The average molecular weight is 264 g/mol. The van der Waals surface area contributed by atoms with Gasteiger partial charge in [-0.2, -0.15) is 0 Å². The summed E-state index contributed by atoms with van der Waals surface area (Å²) in [6, 6.07) is 4.52. The maximum Gasteiger partial charge on any atom is 0.334 e. The Morgan fingerprint density at radius 2 is 1.84 bits per heavy atom. The highest BCUT2D eigenvalue weighted by atomic mass is 19.1. The van der Waals surface area contributed by atoms with Crippen molar-refractivity contribution in [2.75, 3.05) is 0 Å². The van der Waals surface area contributed by atoms with Gasteiger partial charge in [-0.15, -0.1) is 0 Å². The molecule has 0 spiro atoms. The molecule has 0 bridgehead atoms. The lowest BCUT2D eigenvalue weighted by atomic mass is 10.2. The van der Waals surface area contributed by atoms with Gasteiger partial charge in [0.2, 0.25) is 0 Å². The van der Waals surface area contributed by atoms with E-state index in [1.54, 1.807) is 19.9 Å². The number of hydrogen-bond acceptors (Lipinski definition) is 3. The van der Waals surface area contributed by atoms with Crippen molar-refractivity contribution in [2.45, 2.75) is 26.4 Å². The minimum atomic E-state index is -0.872. The highest BCUT2D eigenvalue weighted by Crippen LogP contribution is 2.18. The summed E-state index contributed by atoms with van der Waals surface area (Å²) in [5.41, 5.74) is 0.458. The third-order valence-electron chi connectivity index (χ3n) is 2.83. The number of nitrogens with zero attached hydrogens (tertiary/aromatic N) is 2. The van der Waals surface area contributed by atoms with Crippen LogP contribution >= 0.6 is 0 Å². The molecule has 19 heavy (non-hydrogen) atoms. The maximum absolute atomic E-state index is 13.1. The molecule has 0 saturated carbocycles. The lowest BCUT2D eigenvalue weighted by Gasteiger charge is -2.18. The van der Waals surface area contributed by atoms with E-state index in [0.717, 1.165) is 9.80 Å². The number of benzene rings is 1. The van der Waals surface area contributed by atoms with Crippen molar-refractivity contribution in [2.24, 2.45) is 0 Å². The second-order valence-electron chi connectivity index (χ2n) is 4.57. The van der Waals surface area contributed by atoms with Crippen LogP contribution in [0, 0.1) is 5.82 Å². The van der Waals surface area contributed by atoms with Gasteiger partial charge in [-0.05, 0) is 31.5 Å². The average Bonchev–Trinajstić information content (AvgIpc) is 2.53. The summed E-state index contributed by atoms with van der Waals surface area (Å²) in [5.74, 6) is -2.16. The van der Waals surface area contributed by atoms with Crippen LogP contribution in [-0.2, 0) is 16.1 Å². The lowest BCUT2D eigenvalue weighted by molar-refractivity contribution is -0.144. The monoisotopic (exact) mass is 264 g/mol. The van der Waals surface area contributed by atoms with Gasteiger partial charge in [0.25, 0.3) is 0 Å². The molecule has 1 aliphatic rings. The molecule has 2 rings (SSSR count). The molecule has 0 aliphatic carbocycles. The first-order chi connectivity index (χ1) is 8.91. The van der Waals surface area contributed by atoms with Gasteiger partial charge in [0.1, 0.15) is 5.82 Å². The van der Waals surface area contributed by atoms with Crippen LogP contribution in [0.4, 0.5) is 9.18 Å². The van der Waals surface area contributed by atoms with Crippen LogP contribution in [0.3, 0.4) is 0 Å². The molecule has 1 aliphatic heterocycles. The summed E-state index contributed by atoms with van der Waals surface area (Å²) in [7, 11) is 0. The van der Waals surface area contributed by atoms with E-state index in [-0.39, 0.29) is 12.6 Å². The second kappa shape index (κ2) is 4.79. The van der Waals surface area contributed by atoms with Crippen LogP contribution in [0.15, 0.2) is 24.3 Å². The molecule has 0 unspecified atom stereocenters. The fourth-order valence-electron chi connectivity index (χ4n) is 1.93. The molecule has 1 saturated heterocycles. The smallest absolute Gasteiger partial charge is 0.263 e. The largest absolute Gasteiger partial charge is 0.334 e. The third kappa shape index (κ3) is 2.33. The predicted octanol–water partition coefficient (Wildman–Crippen LogP) is 1.52. The molecule has 1 heterocycles. The van der Waals surface area contributed by atoms with Crippen LogP contribution in [0.5, 0.6) is 0 Å². The number of urea groups is 1. The van der Waals surface area contributed by atoms with E-state index in [1.165, 1.54) is 18.2 Å². The summed E-state index contributed by atoms with van der Waals surface area (Å²) < 4.78 is 13.1. The van der Waals surface area contributed by atoms with Crippen molar-refractivity contribution in [1.29, 1.82) is 0 Å². The van der Waals surface area contributed by atoms with Crippen LogP contribution < -0.4 is 0 Å². The number of halogens is 1. The van der Waals surface area contributed by atoms with Crippen LogP contribution in [0.1, 0.15) is 19.4 Å². The van der Waals surface area contributed by atoms with E-state index in [0.29, 0.717) is 5.56 Å². The van der Waals surface area contributed by atoms with Crippen molar-refractivity contribution < 1.29 is 18.8 Å². The van der Waals surface area contributed by atoms with Gasteiger partial charge in [-0.3, -0.25) is 19.4 Å². The highest BCUT2D eigenvalue weighted by Gasteiger charge is 2.45. The van der Waals surface area contributed by atoms with Crippen LogP contribution in [-0.4, -0.2) is 33.7 Å². The molecule has 0 atom stereocenters. The molecule has 0 N–H and O–H groups in total. The number of carbonyl (C=O) groups is 3.